The van der Waals surface area contributed by atoms with Crippen LogP contribution in [-0.2, 0) is 6.42 Å². The first-order valence-electron chi connectivity index (χ1n) is 12.2. The van der Waals surface area contributed by atoms with E-state index in [1.165, 1.54) is 42.4 Å². The smallest absolute Gasteiger partial charge is 0.269 e. The lowest BCUT2D eigenvalue weighted by molar-refractivity contribution is 0.0939. The third-order valence-electron chi connectivity index (χ3n) is 6.22. The summed E-state index contributed by atoms with van der Waals surface area (Å²) in [6, 6.07) is 17.1. The number of rotatable bonds is 12. The molecule has 0 aliphatic heterocycles. The molecule has 170 valence electrons. The molecule has 1 amide bonds. The van der Waals surface area contributed by atoms with Gasteiger partial charge in [-0.1, -0.05) is 82.9 Å². The maximum absolute atomic E-state index is 12.8. The molecule has 4 heteroatoms. The summed E-state index contributed by atoms with van der Waals surface area (Å²) in [6.45, 7) is 7.34. The van der Waals surface area contributed by atoms with Gasteiger partial charge in [-0.05, 0) is 54.0 Å². The topological polar surface area (TPSA) is 46.9 Å². The fraction of sp³-hybridized carbons (Fsp3) is 0.429. The highest BCUT2D eigenvalue weighted by Crippen LogP contribution is 2.23. The molecular formula is C28H37N3O. The Kier molecular flexibility index (Phi) is 9.09. The minimum absolute atomic E-state index is 0.0656. The largest absolute Gasteiger partial charge is 0.350 e. The Bertz CT molecular complexity index is 957. The normalized spacial score (nSPS) is 12.0. The van der Waals surface area contributed by atoms with Gasteiger partial charge in [0.25, 0.3) is 5.91 Å². The maximum atomic E-state index is 12.8. The molecule has 0 unspecified atom stereocenters. The summed E-state index contributed by atoms with van der Waals surface area (Å²) >= 11 is 0. The molecule has 0 aliphatic carbocycles. The molecule has 0 bridgehead atoms. The Morgan fingerprint density at radius 2 is 1.59 bits per heavy atom. The van der Waals surface area contributed by atoms with Crippen LogP contribution in [0.1, 0.15) is 75.3 Å². The van der Waals surface area contributed by atoms with Crippen molar-refractivity contribution in [2.24, 2.45) is 5.92 Å². The first kappa shape index (κ1) is 23.8. The van der Waals surface area contributed by atoms with Gasteiger partial charge in [0.1, 0.15) is 5.69 Å². The summed E-state index contributed by atoms with van der Waals surface area (Å²) in [5.41, 5.74) is 5.28. The van der Waals surface area contributed by atoms with E-state index in [1.807, 2.05) is 4.57 Å². The minimum atomic E-state index is -0.0656. The van der Waals surface area contributed by atoms with Crippen LogP contribution in [0.5, 0.6) is 0 Å². The number of hydrogen-bond acceptors (Lipinski definition) is 2. The number of aromatic nitrogens is 2. The fourth-order valence-corrected chi connectivity index (χ4v) is 4.00. The van der Waals surface area contributed by atoms with Gasteiger partial charge >= 0.3 is 0 Å². The lowest BCUT2D eigenvalue weighted by Gasteiger charge is -2.16. The van der Waals surface area contributed by atoms with Crippen molar-refractivity contribution in [2.75, 3.05) is 6.54 Å². The molecule has 2 aromatic carbocycles. The molecule has 3 aromatic rings. The zero-order chi connectivity index (χ0) is 22.8. The number of benzene rings is 2. The molecule has 4 nitrogen and oxygen atoms in total. The zero-order valence-corrected chi connectivity index (χ0v) is 19.8. The lowest BCUT2D eigenvalue weighted by Crippen LogP contribution is -2.30. The van der Waals surface area contributed by atoms with Gasteiger partial charge in [0, 0.05) is 12.2 Å². The van der Waals surface area contributed by atoms with E-state index in [0.29, 0.717) is 18.2 Å². The van der Waals surface area contributed by atoms with Crippen LogP contribution < -0.4 is 5.32 Å². The van der Waals surface area contributed by atoms with Crippen molar-refractivity contribution in [1.29, 1.82) is 0 Å². The van der Waals surface area contributed by atoms with Crippen molar-refractivity contribution in [2.45, 2.75) is 65.7 Å². The molecule has 0 saturated heterocycles. The third kappa shape index (κ3) is 6.32. The summed E-state index contributed by atoms with van der Waals surface area (Å²) < 4.78 is 1.86. The maximum Gasteiger partial charge on any atom is 0.269 e. The highest BCUT2D eigenvalue weighted by molar-refractivity contribution is 5.93. The van der Waals surface area contributed by atoms with Crippen molar-refractivity contribution >= 4 is 5.91 Å². The molecule has 0 saturated carbocycles. The highest BCUT2D eigenvalue weighted by atomic mass is 16.1. The van der Waals surface area contributed by atoms with E-state index in [-0.39, 0.29) is 5.91 Å². The minimum Gasteiger partial charge on any atom is -0.350 e. The van der Waals surface area contributed by atoms with E-state index in [4.69, 9.17) is 0 Å². The quantitative estimate of drug-likeness (QED) is 0.342. The summed E-state index contributed by atoms with van der Waals surface area (Å²) in [5, 5.41) is 3.11. The standard InChI is InChI=1S/C28H37N3O/c1-4-7-9-22(6-3)19-30-28(32)27-20-29-21-31(27)26-17-15-25(16-18-26)24-13-11-23(12-14-24)10-8-5-2/h11-18,20-22H,4-10,19H2,1-3H3,(H,30,32)/t22-/m1/s1. The Morgan fingerprint density at radius 3 is 2.22 bits per heavy atom. The predicted molar refractivity (Wildman–Crippen MR) is 133 cm³/mol. The first-order chi connectivity index (χ1) is 15.7. The van der Waals surface area contributed by atoms with Gasteiger partial charge in [0.15, 0.2) is 0 Å². The van der Waals surface area contributed by atoms with E-state index in [2.05, 4.69) is 79.6 Å². The van der Waals surface area contributed by atoms with Crippen LogP contribution in [0.25, 0.3) is 16.8 Å². The number of carbonyl (C=O) groups is 1. The molecule has 0 fully saturated rings. The Balaban J connectivity index is 1.67. The van der Waals surface area contributed by atoms with E-state index < -0.39 is 0 Å². The van der Waals surface area contributed by atoms with E-state index in [0.717, 1.165) is 24.9 Å². The average molecular weight is 432 g/mol. The second kappa shape index (κ2) is 12.2. The number of carbonyl (C=O) groups excluding carboxylic acids is 1. The molecule has 32 heavy (non-hydrogen) atoms. The van der Waals surface area contributed by atoms with Crippen LogP contribution in [0.2, 0.25) is 0 Å². The number of unbranched alkanes of at least 4 members (excludes halogenated alkanes) is 2. The second-order valence-electron chi connectivity index (χ2n) is 8.62. The molecule has 1 aromatic heterocycles. The summed E-state index contributed by atoms with van der Waals surface area (Å²) in [6.07, 6.45) is 11.6. The van der Waals surface area contributed by atoms with Crippen molar-refractivity contribution in [3.63, 3.8) is 0 Å². The SMILES string of the molecule is CCCCc1ccc(-c2ccc(-n3cncc3C(=O)NC[C@H](CC)CCCC)cc2)cc1. The highest BCUT2D eigenvalue weighted by Gasteiger charge is 2.15. The van der Waals surface area contributed by atoms with Crippen LogP contribution in [-0.4, -0.2) is 22.0 Å². The molecule has 3 rings (SSSR count). The lowest BCUT2D eigenvalue weighted by atomic mass is 9.99. The molecule has 1 N–H and O–H groups in total. The van der Waals surface area contributed by atoms with Crippen molar-refractivity contribution in [1.82, 2.24) is 14.9 Å². The van der Waals surface area contributed by atoms with Gasteiger partial charge in [-0.15, -0.1) is 0 Å². The molecule has 0 radical (unpaired) electrons. The van der Waals surface area contributed by atoms with Crippen LogP contribution in [0.3, 0.4) is 0 Å². The average Bonchev–Trinajstić information content (AvgIpc) is 3.33. The van der Waals surface area contributed by atoms with Crippen molar-refractivity contribution < 1.29 is 4.79 Å². The molecule has 0 aliphatic rings. The number of nitrogens with one attached hydrogen (secondary N) is 1. The molecule has 1 heterocycles. The van der Waals surface area contributed by atoms with E-state index >= 15 is 0 Å². The third-order valence-corrected chi connectivity index (χ3v) is 6.22. The van der Waals surface area contributed by atoms with Crippen LogP contribution in [0.4, 0.5) is 0 Å². The summed E-state index contributed by atoms with van der Waals surface area (Å²) in [7, 11) is 0. The van der Waals surface area contributed by atoms with E-state index in [1.54, 1.807) is 12.5 Å². The first-order valence-corrected chi connectivity index (χ1v) is 12.2. The van der Waals surface area contributed by atoms with Gasteiger partial charge < -0.3 is 5.32 Å². The number of nitrogens with zero attached hydrogens (tertiary/aromatic N) is 2. The van der Waals surface area contributed by atoms with Crippen LogP contribution >= 0.6 is 0 Å². The number of aryl methyl sites for hydroxylation is 1. The monoisotopic (exact) mass is 431 g/mol. The number of imidazole rings is 1. The van der Waals surface area contributed by atoms with Crippen molar-refractivity contribution in [3.8, 4) is 16.8 Å². The van der Waals surface area contributed by atoms with Gasteiger partial charge in [0.05, 0.1) is 12.5 Å². The van der Waals surface area contributed by atoms with Crippen LogP contribution in [0.15, 0.2) is 61.1 Å². The molecule has 0 spiro atoms. The fourth-order valence-electron chi connectivity index (χ4n) is 4.00. The Hall–Kier alpha value is -2.88. The van der Waals surface area contributed by atoms with E-state index in [9.17, 15) is 4.79 Å². The Morgan fingerprint density at radius 1 is 0.938 bits per heavy atom. The van der Waals surface area contributed by atoms with Crippen LogP contribution in [0, 0.1) is 5.92 Å². The number of hydrogen-bond donors (Lipinski definition) is 1. The molecule has 1 atom stereocenters. The second-order valence-corrected chi connectivity index (χ2v) is 8.62. The summed E-state index contributed by atoms with van der Waals surface area (Å²) in [5.74, 6) is 0.465. The van der Waals surface area contributed by atoms with Gasteiger partial charge in [-0.25, -0.2) is 4.98 Å². The predicted octanol–water partition coefficient (Wildman–Crippen LogP) is 6.83. The van der Waals surface area contributed by atoms with Crippen molar-refractivity contribution in [3.05, 3.63) is 72.3 Å². The van der Waals surface area contributed by atoms with Gasteiger partial charge in [-0.3, -0.25) is 9.36 Å². The Labute approximate surface area is 193 Å². The summed E-state index contributed by atoms with van der Waals surface area (Å²) in [4.78, 5) is 17.1. The van der Waals surface area contributed by atoms with Gasteiger partial charge in [-0.2, -0.15) is 0 Å². The molecular weight excluding hydrogens is 394 g/mol. The number of amides is 1. The zero-order valence-electron chi connectivity index (χ0n) is 19.8. The van der Waals surface area contributed by atoms with Gasteiger partial charge in [0.2, 0.25) is 0 Å².